The zero-order valence-electron chi connectivity index (χ0n) is 18.8. The molecule has 1 aliphatic rings. The lowest BCUT2D eigenvalue weighted by atomic mass is 9.62. The number of aryl methyl sites for hydroxylation is 1. The first kappa shape index (κ1) is 22.7. The fraction of sp³-hybridized carbons (Fsp3) is 0.185. The maximum atomic E-state index is 14.8. The zero-order chi connectivity index (χ0) is 25.0. The number of alkyl halides is 3. The minimum Gasteiger partial charge on any atom is -0.465 e. The Hall–Kier alpha value is -4.07. The molecule has 0 saturated carbocycles. The Labute approximate surface area is 198 Å². The molecule has 5 rings (SSSR count). The van der Waals surface area contributed by atoms with Gasteiger partial charge < -0.3 is 14.0 Å². The van der Waals surface area contributed by atoms with Crippen LogP contribution in [-0.4, -0.2) is 29.8 Å². The largest absolute Gasteiger partial charge is 0.465 e. The van der Waals surface area contributed by atoms with Crippen molar-refractivity contribution in [2.75, 3.05) is 7.11 Å². The summed E-state index contributed by atoms with van der Waals surface area (Å²) < 4.78 is 56.3. The topological polar surface area (TPSA) is 57.5 Å². The van der Waals surface area contributed by atoms with Crippen LogP contribution >= 0.6 is 0 Å². The molecule has 0 radical (unpaired) electrons. The molecule has 0 saturated heterocycles. The Balaban J connectivity index is 1.96. The van der Waals surface area contributed by atoms with Gasteiger partial charge in [-0.1, -0.05) is 54.6 Å². The summed E-state index contributed by atoms with van der Waals surface area (Å²) in [6.07, 6.45) is -4.94. The number of carbonyl (C=O) groups is 2. The van der Waals surface area contributed by atoms with E-state index in [1.165, 1.54) is 31.4 Å². The number of para-hydroxylation sites is 1. The van der Waals surface area contributed by atoms with Gasteiger partial charge in [-0.3, -0.25) is 4.79 Å². The Morgan fingerprint density at radius 3 is 2.17 bits per heavy atom. The van der Waals surface area contributed by atoms with E-state index in [9.17, 15) is 22.8 Å². The SMILES string of the molecule is COC(=O)c1ccc(C2(c3ccccc3)c3c(c4ccccc4n3C)OC(=O)C2C(F)(F)F)cc1. The van der Waals surface area contributed by atoms with Crippen molar-refractivity contribution < 1.29 is 32.2 Å². The summed E-state index contributed by atoms with van der Waals surface area (Å²) in [6.45, 7) is 0. The van der Waals surface area contributed by atoms with E-state index >= 15 is 0 Å². The molecule has 0 aliphatic carbocycles. The Bertz CT molecular complexity index is 1440. The summed E-state index contributed by atoms with van der Waals surface area (Å²) in [6, 6.07) is 20.8. The molecular formula is C27H20F3NO4. The van der Waals surface area contributed by atoms with Gasteiger partial charge >= 0.3 is 18.1 Å². The zero-order valence-corrected chi connectivity index (χ0v) is 18.8. The molecule has 0 spiro atoms. The predicted molar refractivity (Wildman–Crippen MR) is 122 cm³/mol. The number of ether oxygens (including phenoxy) is 2. The van der Waals surface area contributed by atoms with Gasteiger partial charge in [-0.2, -0.15) is 13.2 Å². The van der Waals surface area contributed by atoms with Crippen molar-refractivity contribution in [1.82, 2.24) is 4.57 Å². The third-order valence-electron chi connectivity index (χ3n) is 6.62. The van der Waals surface area contributed by atoms with Gasteiger partial charge in [-0.15, -0.1) is 0 Å². The van der Waals surface area contributed by atoms with Crippen molar-refractivity contribution >= 4 is 22.8 Å². The number of hydrogen-bond acceptors (Lipinski definition) is 4. The summed E-state index contributed by atoms with van der Waals surface area (Å²) >= 11 is 0. The molecule has 0 fully saturated rings. The van der Waals surface area contributed by atoms with Crippen LogP contribution in [0.2, 0.25) is 0 Å². The summed E-state index contributed by atoms with van der Waals surface area (Å²) in [7, 11) is 2.88. The van der Waals surface area contributed by atoms with Gasteiger partial charge in [-0.25, -0.2) is 4.79 Å². The number of esters is 2. The Kier molecular flexibility index (Phi) is 5.20. The maximum absolute atomic E-state index is 14.8. The number of methoxy groups -OCH3 is 1. The first-order valence-corrected chi connectivity index (χ1v) is 10.8. The van der Waals surface area contributed by atoms with Crippen LogP contribution in [0.4, 0.5) is 13.2 Å². The number of hydrogen-bond donors (Lipinski definition) is 0. The van der Waals surface area contributed by atoms with E-state index < -0.39 is 29.4 Å². The highest BCUT2D eigenvalue weighted by Gasteiger charge is 2.65. The van der Waals surface area contributed by atoms with E-state index in [1.54, 1.807) is 66.2 Å². The van der Waals surface area contributed by atoms with Gasteiger partial charge in [0.1, 0.15) is 0 Å². The third kappa shape index (κ3) is 3.24. The minimum absolute atomic E-state index is 0.0921. The first-order valence-electron chi connectivity index (χ1n) is 10.8. The van der Waals surface area contributed by atoms with Crippen LogP contribution in [0.25, 0.3) is 10.9 Å². The minimum atomic E-state index is -4.94. The molecule has 5 nitrogen and oxygen atoms in total. The van der Waals surface area contributed by atoms with Crippen molar-refractivity contribution in [3.8, 4) is 5.75 Å². The molecular weight excluding hydrogens is 459 g/mol. The third-order valence-corrected chi connectivity index (χ3v) is 6.62. The number of nitrogens with zero attached hydrogens (tertiary/aromatic N) is 1. The van der Waals surface area contributed by atoms with Crippen LogP contribution < -0.4 is 4.74 Å². The Morgan fingerprint density at radius 1 is 0.943 bits per heavy atom. The van der Waals surface area contributed by atoms with Crippen LogP contribution in [0, 0.1) is 5.92 Å². The van der Waals surface area contributed by atoms with E-state index in [4.69, 9.17) is 9.47 Å². The number of carbonyl (C=O) groups excluding carboxylic acids is 2. The molecule has 0 bridgehead atoms. The van der Waals surface area contributed by atoms with E-state index in [2.05, 4.69) is 0 Å². The quantitative estimate of drug-likeness (QED) is 0.370. The molecule has 2 unspecified atom stereocenters. The Morgan fingerprint density at radius 2 is 1.54 bits per heavy atom. The molecule has 3 aromatic carbocycles. The molecule has 2 heterocycles. The van der Waals surface area contributed by atoms with Gasteiger partial charge in [0.25, 0.3) is 0 Å². The van der Waals surface area contributed by atoms with Crippen molar-refractivity contribution in [1.29, 1.82) is 0 Å². The van der Waals surface area contributed by atoms with Gasteiger partial charge in [0.15, 0.2) is 11.7 Å². The molecule has 1 aromatic heterocycles. The summed E-state index contributed by atoms with van der Waals surface area (Å²) in [5.74, 6) is -4.44. The monoisotopic (exact) mass is 479 g/mol. The lowest BCUT2D eigenvalue weighted by Crippen LogP contribution is -2.54. The fourth-order valence-electron chi connectivity index (χ4n) is 5.22. The molecule has 8 heteroatoms. The second-order valence-corrected chi connectivity index (χ2v) is 8.39. The molecule has 2 atom stereocenters. The van der Waals surface area contributed by atoms with E-state index in [-0.39, 0.29) is 28.1 Å². The number of rotatable bonds is 3. The van der Waals surface area contributed by atoms with E-state index in [0.29, 0.717) is 10.9 Å². The fourth-order valence-corrected chi connectivity index (χ4v) is 5.22. The maximum Gasteiger partial charge on any atom is 0.403 e. The second kappa shape index (κ2) is 8.01. The average Bonchev–Trinajstić information content (AvgIpc) is 3.14. The predicted octanol–water partition coefficient (Wildman–Crippen LogP) is 5.40. The van der Waals surface area contributed by atoms with Crippen LogP contribution in [0.15, 0.2) is 78.9 Å². The van der Waals surface area contributed by atoms with E-state index in [0.717, 1.165) is 0 Å². The standard InChI is InChI=1S/C27H20F3NO4/c1-31-20-11-7-6-10-19(20)21-23(31)26(17-8-4-3-5-9-17,22(25(33)35-21)27(28,29)30)18-14-12-16(13-15-18)24(32)34-2/h3-15,22H,1-2H3. The van der Waals surface area contributed by atoms with Gasteiger partial charge in [0.2, 0.25) is 0 Å². The smallest absolute Gasteiger partial charge is 0.403 e. The summed E-state index contributed by atoms with van der Waals surface area (Å²) in [4.78, 5) is 25.2. The highest BCUT2D eigenvalue weighted by Crippen LogP contribution is 2.58. The number of aromatic nitrogens is 1. The number of halogens is 3. The van der Waals surface area contributed by atoms with Crippen LogP contribution in [0.1, 0.15) is 27.2 Å². The lowest BCUT2D eigenvalue weighted by molar-refractivity contribution is -0.203. The normalized spacial score (nSPS) is 19.8. The molecule has 4 aromatic rings. The average molecular weight is 479 g/mol. The summed E-state index contributed by atoms with van der Waals surface area (Å²) in [5, 5.41) is 0.533. The molecule has 178 valence electrons. The van der Waals surface area contributed by atoms with Crippen LogP contribution in [0.5, 0.6) is 5.75 Å². The van der Waals surface area contributed by atoms with Crippen molar-refractivity contribution in [3.05, 3.63) is 101 Å². The molecule has 0 N–H and O–H groups in total. The highest BCUT2D eigenvalue weighted by molar-refractivity contribution is 5.96. The molecule has 0 amide bonds. The van der Waals surface area contributed by atoms with Crippen molar-refractivity contribution in [2.24, 2.45) is 13.0 Å². The van der Waals surface area contributed by atoms with E-state index in [1.807, 2.05) is 0 Å². The number of benzene rings is 3. The number of fused-ring (bicyclic) bond motifs is 3. The first-order chi connectivity index (χ1) is 16.7. The highest BCUT2D eigenvalue weighted by atomic mass is 19.4. The van der Waals surface area contributed by atoms with Crippen molar-refractivity contribution in [3.63, 3.8) is 0 Å². The second-order valence-electron chi connectivity index (χ2n) is 8.39. The van der Waals surface area contributed by atoms with Gasteiger partial charge in [0.05, 0.1) is 29.3 Å². The van der Waals surface area contributed by atoms with Crippen molar-refractivity contribution in [2.45, 2.75) is 11.6 Å². The summed E-state index contributed by atoms with van der Waals surface area (Å²) in [5.41, 5.74) is -0.498. The van der Waals surface area contributed by atoms with Gasteiger partial charge in [0, 0.05) is 12.4 Å². The van der Waals surface area contributed by atoms with Crippen LogP contribution in [0.3, 0.4) is 0 Å². The molecule has 35 heavy (non-hydrogen) atoms. The lowest BCUT2D eigenvalue weighted by Gasteiger charge is -2.44. The van der Waals surface area contributed by atoms with Gasteiger partial charge in [-0.05, 0) is 35.4 Å². The van der Waals surface area contributed by atoms with Crippen LogP contribution in [-0.2, 0) is 22.0 Å². The molecule has 1 aliphatic heterocycles.